The molecule has 0 bridgehead atoms. The van der Waals surface area contributed by atoms with E-state index >= 15 is 0 Å². The molecule has 5 N–H and O–H groups in total. The fourth-order valence-corrected chi connectivity index (χ4v) is 16.2. The lowest BCUT2D eigenvalue weighted by Crippen LogP contribution is -2.47. The average Bonchev–Trinajstić information content (AvgIpc) is 1.63. The lowest BCUT2D eigenvalue weighted by Gasteiger charge is -2.35. The molecule has 0 aliphatic carbocycles. The molecule has 4 atom stereocenters. The molecule has 2 unspecified atom stereocenters. The summed E-state index contributed by atoms with van der Waals surface area (Å²) in [5.74, 6) is 1.57. The number of amides is 4. The number of aryl methyl sites for hydroxylation is 2. The maximum absolute atomic E-state index is 14.1. The molecule has 0 spiro atoms. The van der Waals surface area contributed by atoms with Crippen molar-refractivity contribution < 1.29 is 32.8 Å². The van der Waals surface area contributed by atoms with Crippen LogP contribution in [0.1, 0.15) is 86.7 Å². The third-order valence-electron chi connectivity index (χ3n) is 22.0. The van der Waals surface area contributed by atoms with E-state index in [9.17, 15) is 42.3 Å². The summed E-state index contributed by atoms with van der Waals surface area (Å²) in [6.07, 6.45) is 9.61. The number of carbonyl (C=O) groups excluding carboxylic acids is 5. The number of piperazine rings is 2. The molecule has 570 valence electrons. The second kappa shape index (κ2) is 31.2. The number of nitrogens with one attached hydrogen (secondary N) is 3. The molecule has 0 saturated carbocycles. The van der Waals surface area contributed by atoms with Crippen LogP contribution < -0.4 is 52.7 Å². The minimum atomic E-state index is -0.705. The molecule has 14 heterocycles. The SMILES string of the molecule is Cn1c(=O)n(C2CCC(=O)NC2=O)c2ccc(N)cc21.Cn1c(=O)n(C2CCC(=O)NC2=O)c2ccc(NCCN3CCN(c4cccc(-c5cnc6ccc(N7CCC[C@@H]7c7cccc(F)c7)nn56)n4)CC3)cc21.O=CCN1CCN(c2cccc(-c3cnc4ccc(N5CCC[C@@H]5c5cccc(F)c5)nn34)n2)CC1. The number of imidazole rings is 4. The lowest BCUT2D eigenvalue weighted by atomic mass is 10.0. The van der Waals surface area contributed by atoms with Crippen LogP contribution in [0.15, 0.2) is 168 Å². The standard InChI is InChI=1S/C40H42FN11O3.C27H28FN7O.C13H14N4O3/c1-47-33-24-28(10-11-31(33)51(40(47)55)32-12-15-38(53)45-39(32)54)42-16-18-48-19-21-49(22-20-48)36-9-3-7-29(44-36)34-25-43-35-13-14-37(46-52(34)35)50-17-4-8-30(50)26-5-2-6-27(41)23-26;28-21-5-1-4-20(18-21)23-7-3-11-34(23)27-10-9-25-29-19-24(35(25)31-27)22-6-2-8-26(30-22)33-14-12-32(13-15-33)16-17-36;1-16-10-6-7(14)2-3-8(10)17(13(16)20)9-4-5-11(18)15-12(9)19/h2-3,5-7,9-11,13-14,23-25,30,32,42H,4,8,12,15-22H2,1H3,(H,45,53,54);1-2,4-6,8-10,17-19,23H,3,7,11-16H2;2-3,6,9H,4-5,14H2,1H3,(H,15,18,19)/t30-,32?;23-;/m11./s1. The van der Waals surface area contributed by atoms with Gasteiger partial charge in [-0.25, -0.2) is 47.3 Å². The number of nitrogens with two attached hydrogens (primary N) is 1. The van der Waals surface area contributed by atoms with Crippen molar-refractivity contribution in [1.82, 2.24) is 77.9 Å². The molecule has 6 fully saturated rings. The van der Waals surface area contributed by atoms with Crippen LogP contribution in [0.5, 0.6) is 0 Å². The number of aromatic nitrogens is 12. The Hall–Kier alpha value is -12.5. The van der Waals surface area contributed by atoms with Crippen LogP contribution in [0, 0.1) is 11.6 Å². The van der Waals surface area contributed by atoms with Crippen LogP contribution in [0.2, 0.25) is 0 Å². The van der Waals surface area contributed by atoms with Gasteiger partial charge < -0.3 is 35.4 Å². The first kappa shape index (κ1) is 72.7. The smallest absolute Gasteiger partial charge is 0.329 e. The Bertz CT molecular complexity index is 5680. The summed E-state index contributed by atoms with van der Waals surface area (Å²) >= 11 is 0. The quantitative estimate of drug-likeness (QED) is 0.0410. The van der Waals surface area contributed by atoms with Crippen molar-refractivity contribution in [1.29, 1.82) is 0 Å². The van der Waals surface area contributed by atoms with Gasteiger partial charge >= 0.3 is 11.4 Å². The van der Waals surface area contributed by atoms with Gasteiger partial charge in [0.2, 0.25) is 23.6 Å². The highest BCUT2D eigenvalue weighted by Crippen LogP contribution is 2.39. The van der Waals surface area contributed by atoms with Crippen molar-refractivity contribution >= 4 is 97.9 Å². The number of halogens is 2. The van der Waals surface area contributed by atoms with E-state index < -0.39 is 23.9 Å². The predicted octanol–water partition coefficient (Wildman–Crippen LogP) is 7.63. The number of rotatable bonds is 16. The average molecular weight is 1500 g/mol. The Morgan fingerprint density at radius 3 is 1.46 bits per heavy atom. The Balaban J connectivity index is 0.000000142. The van der Waals surface area contributed by atoms with Crippen LogP contribution >= 0.6 is 0 Å². The second-order valence-corrected chi connectivity index (χ2v) is 28.8. The van der Waals surface area contributed by atoms with Gasteiger partial charge in [0.15, 0.2) is 11.3 Å². The van der Waals surface area contributed by atoms with Crippen LogP contribution in [0.25, 0.3) is 56.1 Å². The Morgan fingerprint density at radius 1 is 0.495 bits per heavy atom. The van der Waals surface area contributed by atoms with E-state index in [0.717, 1.165) is 190 Å². The number of fused-ring (bicyclic) bond motifs is 4. The normalized spacial score (nSPS) is 19.2. The fraction of sp³-hybridized carbons (Fsp3) is 0.338. The maximum Gasteiger partial charge on any atom is 0.329 e. The van der Waals surface area contributed by atoms with Crippen molar-refractivity contribution in [2.24, 2.45) is 14.1 Å². The molecule has 6 aliphatic rings. The van der Waals surface area contributed by atoms with Crippen molar-refractivity contribution in [2.75, 3.05) is 116 Å². The number of nitrogens with zero attached hydrogens (tertiary/aromatic N) is 18. The number of nitrogen functional groups attached to an aromatic ring is 1. The lowest BCUT2D eigenvalue weighted by molar-refractivity contribution is -0.137. The third kappa shape index (κ3) is 14.9. The highest BCUT2D eigenvalue weighted by molar-refractivity contribution is 6.01. The van der Waals surface area contributed by atoms with Gasteiger partial charge in [-0.1, -0.05) is 36.4 Å². The van der Waals surface area contributed by atoms with Crippen molar-refractivity contribution in [3.8, 4) is 22.8 Å². The molecule has 8 aromatic heterocycles. The summed E-state index contributed by atoms with van der Waals surface area (Å²) in [5.41, 5.74) is 16.0. The van der Waals surface area contributed by atoms with E-state index in [1.165, 1.54) is 25.8 Å². The Labute approximate surface area is 635 Å². The zero-order valence-electron chi connectivity index (χ0n) is 61.5. The van der Waals surface area contributed by atoms with Crippen molar-refractivity contribution in [3.05, 3.63) is 202 Å². The fourth-order valence-electron chi connectivity index (χ4n) is 16.2. The molecule has 29 nitrogen and oxygen atoms in total. The Morgan fingerprint density at radius 2 is 0.973 bits per heavy atom. The van der Waals surface area contributed by atoms with Gasteiger partial charge in [0, 0.05) is 117 Å². The van der Waals surface area contributed by atoms with E-state index in [2.05, 4.69) is 55.3 Å². The topological polar surface area (TPSA) is 307 Å². The molecule has 12 aromatic rings. The number of hydrogen-bond acceptors (Lipinski definition) is 21. The van der Waals surface area contributed by atoms with Gasteiger partial charge in [0.25, 0.3) is 0 Å². The van der Waals surface area contributed by atoms with E-state index in [0.29, 0.717) is 41.6 Å². The van der Waals surface area contributed by atoms with Gasteiger partial charge in [-0.2, -0.15) is 0 Å². The van der Waals surface area contributed by atoms with Crippen LogP contribution in [-0.2, 0) is 38.1 Å². The van der Waals surface area contributed by atoms with Crippen LogP contribution in [-0.4, -0.2) is 182 Å². The highest BCUT2D eigenvalue weighted by atomic mass is 19.1. The summed E-state index contributed by atoms with van der Waals surface area (Å²) in [6.45, 7) is 10.6. The Kier molecular flexibility index (Phi) is 20.4. The number of aldehydes is 1. The number of piperidine rings is 2. The van der Waals surface area contributed by atoms with E-state index in [4.69, 9.17) is 25.9 Å². The molecule has 4 aromatic carbocycles. The van der Waals surface area contributed by atoms with Crippen molar-refractivity contribution in [3.63, 3.8) is 0 Å². The summed E-state index contributed by atoms with van der Waals surface area (Å²) in [7, 11) is 3.33. The van der Waals surface area contributed by atoms with Crippen LogP contribution in [0.3, 0.4) is 0 Å². The number of imide groups is 2. The maximum atomic E-state index is 14.1. The molecule has 6 saturated heterocycles. The molecule has 4 amide bonds. The third-order valence-corrected chi connectivity index (χ3v) is 22.0. The minimum absolute atomic E-state index is 0.0662. The van der Waals surface area contributed by atoms with Crippen molar-refractivity contribution in [2.45, 2.75) is 75.5 Å². The first-order chi connectivity index (χ1) is 54.0. The summed E-state index contributed by atoms with van der Waals surface area (Å²) in [6, 6.07) is 43.4. The largest absolute Gasteiger partial charge is 0.399 e. The summed E-state index contributed by atoms with van der Waals surface area (Å²) < 4.78 is 37.6. The molecule has 18 rings (SSSR count). The first-order valence-corrected chi connectivity index (χ1v) is 37.6. The molecule has 0 radical (unpaired) electrons. The molecule has 6 aliphatic heterocycles. The number of hydrogen-bond donors (Lipinski definition) is 4. The van der Waals surface area contributed by atoms with Gasteiger partial charge in [0.05, 0.1) is 64.5 Å². The van der Waals surface area contributed by atoms with E-state index in [1.807, 2.05) is 112 Å². The summed E-state index contributed by atoms with van der Waals surface area (Å²) in [4.78, 5) is 116. The number of pyridine rings is 2. The van der Waals surface area contributed by atoms with Crippen LogP contribution in [0.4, 0.5) is 43.4 Å². The zero-order valence-corrected chi connectivity index (χ0v) is 61.5. The number of carbonyl (C=O) groups is 5. The minimum Gasteiger partial charge on any atom is -0.399 e. The number of benzene rings is 4. The van der Waals surface area contributed by atoms with Gasteiger partial charge in [-0.05, 0) is 159 Å². The van der Waals surface area contributed by atoms with Gasteiger partial charge in [0.1, 0.15) is 64.7 Å². The summed E-state index contributed by atoms with van der Waals surface area (Å²) in [5, 5.41) is 18.1. The first-order valence-electron chi connectivity index (χ1n) is 37.6. The molecule has 31 heteroatoms. The monoisotopic (exact) mass is 1500 g/mol. The molecule has 111 heavy (non-hydrogen) atoms. The number of anilines is 6. The van der Waals surface area contributed by atoms with Gasteiger partial charge in [-0.3, -0.25) is 57.9 Å². The van der Waals surface area contributed by atoms with E-state index in [1.54, 1.807) is 61.1 Å². The highest BCUT2D eigenvalue weighted by Gasteiger charge is 2.35. The molecular formula is C80H84F2N22O7. The van der Waals surface area contributed by atoms with E-state index in [-0.39, 0.29) is 59.8 Å². The van der Waals surface area contributed by atoms with Gasteiger partial charge in [-0.15, -0.1) is 10.2 Å². The zero-order chi connectivity index (χ0) is 76.6. The molecular weight excluding hydrogens is 1420 g/mol. The second-order valence-electron chi connectivity index (χ2n) is 28.8. The predicted molar refractivity (Wildman–Crippen MR) is 417 cm³/mol.